The van der Waals surface area contributed by atoms with Crippen LogP contribution >= 0.6 is 0 Å². The third-order valence-electron chi connectivity index (χ3n) is 5.04. The second-order valence-electron chi connectivity index (χ2n) is 6.88. The normalized spacial score (nSPS) is 22.8. The second kappa shape index (κ2) is 6.87. The maximum Gasteiger partial charge on any atom is 0.230 e. The lowest BCUT2D eigenvalue weighted by atomic mass is 9.92. The van der Waals surface area contributed by atoms with E-state index in [-0.39, 0.29) is 23.7 Å². The molecule has 4 heterocycles. The number of carbonyl (C=O) groups excluding carboxylic acids is 2. The number of aromatic nitrogens is 3. The summed E-state index contributed by atoms with van der Waals surface area (Å²) in [6.07, 6.45) is 6.81. The largest absolute Gasteiger partial charge is 0.340 e. The van der Waals surface area contributed by atoms with Gasteiger partial charge in [-0.05, 0) is 18.6 Å². The number of hydrogen-bond acceptors (Lipinski definition) is 5. The third-order valence-corrected chi connectivity index (χ3v) is 5.04. The van der Waals surface area contributed by atoms with Crippen molar-refractivity contribution in [3.63, 3.8) is 0 Å². The molecule has 0 aromatic carbocycles. The summed E-state index contributed by atoms with van der Waals surface area (Å²) in [5.41, 5.74) is 1.70. The zero-order valence-electron chi connectivity index (χ0n) is 14.7. The van der Waals surface area contributed by atoms with Gasteiger partial charge >= 0.3 is 0 Å². The minimum atomic E-state index is -0.188. The van der Waals surface area contributed by atoms with Crippen LogP contribution in [0.1, 0.15) is 24.5 Å². The molecule has 26 heavy (non-hydrogen) atoms. The van der Waals surface area contributed by atoms with Crippen LogP contribution in [0.15, 0.2) is 30.9 Å². The summed E-state index contributed by atoms with van der Waals surface area (Å²) in [7, 11) is 1.92. The Balaban J connectivity index is 1.43. The average molecular weight is 354 g/mol. The fraction of sp³-hybridized carbons (Fsp3) is 0.444. The first-order valence-electron chi connectivity index (χ1n) is 8.87. The molecule has 0 saturated carbocycles. The van der Waals surface area contributed by atoms with Crippen LogP contribution in [-0.2, 0) is 16.6 Å². The van der Waals surface area contributed by atoms with Gasteiger partial charge in [0.1, 0.15) is 5.82 Å². The van der Waals surface area contributed by atoms with Crippen LogP contribution in [0.3, 0.4) is 0 Å². The standard InChI is InChI=1S/C18H22N6O2/c1-23-10-15(21-11-23)13-8-19-9-14(13)18(26)22-16-5-4-12(7-20-16)24-6-2-3-17(24)25/h4-5,7,10-11,13-14,19H,2-3,6,8-9H2,1H3,(H,20,22,26)/t13-,14-/m1/s1. The van der Waals surface area contributed by atoms with Crippen LogP contribution in [-0.4, -0.2) is 46.0 Å². The highest BCUT2D eigenvalue weighted by molar-refractivity contribution is 5.96. The Morgan fingerprint density at radius 3 is 2.85 bits per heavy atom. The molecule has 2 saturated heterocycles. The van der Waals surface area contributed by atoms with Crippen molar-refractivity contribution in [1.82, 2.24) is 19.9 Å². The van der Waals surface area contributed by atoms with Crippen LogP contribution < -0.4 is 15.5 Å². The molecular weight excluding hydrogens is 332 g/mol. The molecule has 0 spiro atoms. The number of imidazole rings is 1. The second-order valence-corrected chi connectivity index (χ2v) is 6.88. The van der Waals surface area contributed by atoms with E-state index in [1.165, 1.54) is 0 Å². The fourth-order valence-corrected chi connectivity index (χ4v) is 3.65. The number of amides is 2. The molecule has 2 amide bonds. The Morgan fingerprint density at radius 2 is 2.19 bits per heavy atom. The van der Waals surface area contributed by atoms with Gasteiger partial charge in [-0.3, -0.25) is 9.59 Å². The van der Waals surface area contributed by atoms with E-state index in [1.807, 2.05) is 23.9 Å². The Morgan fingerprint density at radius 1 is 1.31 bits per heavy atom. The predicted molar refractivity (Wildman–Crippen MR) is 96.8 cm³/mol. The maximum absolute atomic E-state index is 12.7. The summed E-state index contributed by atoms with van der Waals surface area (Å²) < 4.78 is 1.89. The highest BCUT2D eigenvalue weighted by Gasteiger charge is 2.35. The molecular formula is C18H22N6O2. The van der Waals surface area contributed by atoms with Crippen LogP contribution in [0.4, 0.5) is 11.5 Å². The van der Waals surface area contributed by atoms with E-state index < -0.39 is 0 Å². The smallest absolute Gasteiger partial charge is 0.230 e. The molecule has 2 aliphatic heterocycles. The van der Waals surface area contributed by atoms with E-state index in [9.17, 15) is 9.59 Å². The van der Waals surface area contributed by atoms with E-state index >= 15 is 0 Å². The first-order valence-corrected chi connectivity index (χ1v) is 8.87. The van der Waals surface area contributed by atoms with Crippen molar-refractivity contribution in [3.8, 4) is 0 Å². The molecule has 2 aromatic heterocycles. The number of nitrogens with one attached hydrogen (secondary N) is 2. The number of hydrogen-bond donors (Lipinski definition) is 2. The van der Waals surface area contributed by atoms with Crippen molar-refractivity contribution in [2.45, 2.75) is 18.8 Å². The van der Waals surface area contributed by atoms with Gasteiger partial charge in [0.25, 0.3) is 0 Å². The monoisotopic (exact) mass is 354 g/mol. The first-order chi connectivity index (χ1) is 12.6. The maximum atomic E-state index is 12.7. The Hall–Kier alpha value is -2.74. The van der Waals surface area contributed by atoms with Gasteiger partial charge in [-0.1, -0.05) is 0 Å². The molecule has 0 aliphatic carbocycles. The number of anilines is 2. The van der Waals surface area contributed by atoms with Crippen molar-refractivity contribution in [1.29, 1.82) is 0 Å². The zero-order chi connectivity index (χ0) is 18.1. The molecule has 0 radical (unpaired) electrons. The summed E-state index contributed by atoms with van der Waals surface area (Å²) >= 11 is 0. The molecule has 0 unspecified atom stereocenters. The number of rotatable bonds is 4. The van der Waals surface area contributed by atoms with E-state index in [2.05, 4.69) is 20.6 Å². The van der Waals surface area contributed by atoms with Crippen LogP contribution in [0.2, 0.25) is 0 Å². The minimum Gasteiger partial charge on any atom is -0.340 e. The molecule has 2 atom stereocenters. The molecule has 8 nitrogen and oxygen atoms in total. The van der Waals surface area contributed by atoms with Crippen molar-refractivity contribution < 1.29 is 9.59 Å². The molecule has 4 rings (SSSR count). The average Bonchev–Trinajstić information content (AvgIpc) is 3.36. The molecule has 2 aliphatic rings. The summed E-state index contributed by atoms with van der Waals surface area (Å²) in [5, 5.41) is 6.16. The van der Waals surface area contributed by atoms with Crippen molar-refractivity contribution in [3.05, 3.63) is 36.5 Å². The highest BCUT2D eigenvalue weighted by Crippen LogP contribution is 2.28. The van der Waals surface area contributed by atoms with Gasteiger partial charge in [0.2, 0.25) is 11.8 Å². The fourth-order valence-electron chi connectivity index (χ4n) is 3.65. The Kier molecular flexibility index (Phi) is 4.42. The lowest BCUT2D eigenvalue weighted by Crippen LogP contribution is -2.28. The van der Waals surface area contributed by atoms with Gasteiger partial charge in [-0.15, -0.1) is 0 Å². The van der Waals surface area contributed by atoms with Crippen LogP contribution in [0.5, 0.6) is 0 Å². The van der Waals surface area contributed by atoms with E-state index in [4.69, 9.17) is 0 Å². The third kappa shape index (κ3) is 3.20. The van der Waals surface area contributed by atoms with Gasteiger partial charge < -0.3 is 20.1 Å². The van der Waals surface area contributed by atoms with E-state index in [0.717, 1.165) is 30.9 Å². The molecule has 2 N–H and O–H groups in total. The van der Waals surface area contributed by atoms with Crippen molar-refractivity contribution >= 4 is 23.3 Å². The summed E-state index contributed by atoms with van der Waals surface area (Å²) in [6.45, 7) is 2.08. The molecule has 0 bridgehead atoms. The summed E-state index contributed by atoms with van der Waals surface area (Å²) in [4.78, 5) is 34.9. The number of pyridine rings is 1. The predicted octanol–water partition coefficient (Wildman–Crippen LogP) is 0.884. The summed E-state index contributed by atoms with van der Waals surface area (Å²) in [5.74, 6) is 0.420. The van der Waals surface area contributed by atoms with E-state index in [0.29, 0.717) is 18.8 Å². The van der Waals surface area contributed by atoms with Gasteiger partial charge in [0.05, 0.1) is 29.8 Å². The minimum absolute atomic E-state index is 0.0534. The van der Waals surface area contributed by atoms with E-state index in [1.54, 1.807) is 23.5 Å². The number of nitrogens with zero attached hydrogens (tertiary/aromatic N) is 4. The SMILES string of the molecule is Cn1cnc([C@@H]2CNC[C@H]2C(=O)Nc2ccc(N3CCCC3=O)cn2)c1. The molecule has 136 valence electrons. The van der Waals surface area contributed by atoms with Gasteiger partial charge in [0.15, 0.2) is 0 Å². The molecule has 8 heteroatoms. The topological polar surface area (TPSA) is 92.2 Å². The van der Waals surface area contributed by atoms with Crippen molar-refractivity contribution in [2.24, 2.45) is 13.0 Å². The zero-order valence-corrected chi connectivity index (χ0v) is 14.7. The number of aryl methyl sites for hydroxylation is 1. The Labute approximate surface area is 151 Å². The Bertz CT molecular complexity index is 815. The molecule has 2 fully saturated rings. The quantitative estimate of drug-likeness (QED) is 0.850. The lowest BCUT2D eigenvalue weighted by Gasteiger charge is -2.17. The van der Waals surface area contributed by atoms with Gasteiger partial charge in [0, 0.05) is 45.2 Å². The van der Waals surface area contributed by atoms with Gasteiger partial charge in [-0.25, -0.2) is 9.97 Å². The summed E-state index contributed by atoms with van der Waals surface area (Å²) in [6, 6.07) is 3.58. The van der Waals surface area contributed by atoms with Crippen LogP contribution in [0.25, 0.3) is 0 Å². The molecule has 2 aromatic rings. The first kappa shape index (κ1) is 16.7. The van der Waals surface area contributed by atoms with Gasteiger partial charge in [-0.2, -0.15) is 0 Å². The highest BCUT2D eigenvalue weighted by atomic mass is 16.2. The lowest BCUT2D eigenvalue weighted by molar-refractivity contribution is -0.120. The van der Waals surface area contributed by atoms with Crippen molar-refractivity contribution in [2.75, 3.05) is 29.9 Å². The van der Waals surface area contributed by atoms with Crippen LogP contribution in [0, 0.1) is 5.92 Å². The number of carbonyl (C=O) groups is 2.